The summed E-state index contributed by atoms with van der Waals surface area (Å²) in [4.78, 5) is 13.6. The molecule has 5 nitrogen and oxygen atoms in total. The number of benzene rings is 2. The highest BCUT2D eigenvalue weighted by atomic mass is 32.2. The van der Waals surface area contributed by atoms with E-state index in [0.29, 0.717) is 17.9 Å². The highest BCUT2D eigenvalue weighted by Gasteiger charge is 2.59. The van der Waals surface area contributed by atoms with Gasteiger partial charge in [-0.25, -0.2) is 13.1 Å². The van der Waals surface area contributed by atoms with Gasteiger partial charge in [-0.15, -0.1) is 0 Å². The van der Waals surface area contributed by atoms with Crippen LogP contribution in [0.1, 0.15) is 56.7 Å². The smallest absolute Gasteiger partial charge is 0.238 e. The molecule has 2 N–H and O–H groups in total. The summed E-state index contributed by atoms with van der Waals surface area (Å²) in [5, 5.41) is 3.30. The Bertz CT molecular complexity index is 1110. The lowest BCUT2D eigenvalue weighted by Crippen LogP contribution is -2.57. The number of aryl methyl sites for hydroxylation is 1. The SMILES string of the molecule is Cc1cccc(CC(NS(=O)(=O)Cc2ccccc2)C(=O)NC2C3(C)CCC(C3)C2(C)C)c1. The first-order valence-electron chi connectivity index (χ1n) is 11.9. The van der Waals surface area contributed by atoms with Gasteiger partial charge in [-0.1, -0.05) is 80.9 Å². The Balaban J connectivity index is 1.56. The highest BCUT2D eigenvalue weighted by Crippen LogP contribution is 2.62. The van der Waals surface area contributed by atoms with Crippen molar-refractivity contribution < 1.29 is 13.2 Å². The second kappa shape index (κ2) is 8.88. The number of hydrogen-bond acceptors (Lipinski definition) is 3. The predicted molar refractivity (Wildman–Crippen MR) is 132 cm³/mol. The van der Waals surface area contributed by atoms with Gasteiger partial charge in [0, 0.05) is 6.04 Å². The van der Waals surface area contributed by atoms with Crippen LogP contribution >= 0.6 is 0 Å². The molecule has 0 spiro atoms. The minimum absolute atomic E-state index is 0.000537. The molecule has 0 aromatic heterocycles. The van der Waals surface area contributed by atoms with Gasteiger partial charge in [-0.05, 0) is 60.5 Å². The summed E-state index contributed by atoms with van der Waals surface area (Å²) in [5.41, 5.74) is 2.79. The fourth-order valence-corrected chi connectivity index (χ4v) is 7.56. The Morgan fingerprint density at radius 2 is 1.76 bits per heavy atom. The van der Waals surface area contributed by atoms with E-state index >= 15 is 0 Å². The molecular weight excluding hydrogens is 432 g/mol. The summed E-state index contributed by atoms with van der Waals surface area (Å²) < 4.78 is 28.8. The summed E-state index contributed by atoms with van der Waals surface area (Å²) in [7, 11) is -3.71. The second-order valence-corrected chi connectivity index (χ2v) is 12.7. The first-order chi connectivity index (χ1) is 15.5. The number of fused-ring (bicyclic) bond motifs is 2. The van der Waals surface area contributed by atoms with Gasteiger partial charge in [0.15, 0.2) is 0 Å². The molecule has 0 heterocycles. The summed E-state index contributed by atoms with van der Waals surface area (Å²) >= 11 is 0. The van der Waals surface area contributed by atoms with E-state index in [1.54, 1.807) is 12.1 Å². The van der Waals surface area contributed by atoms with Crippen molar-refractivity contribution in [3.05, 3.63) is 71.3 Å². The summed E-state index contributed by atoms with van der Waals surface area (Å²) in [6, 6.07) is 16.1. The molecule has 178 valence electrons. The summed E-state index contributed by atoms with van der Waals surface area (Å²) in [6.45, 7) is 8.74. The van der Waals surface area contributed by atoms with Gasteiger partial charge in [0.2, 0.25) is 15.9 Å². The Morgan fingerprint density at radius 3 is 2.39 bits per heavy atom. The number of sulfonamides is 1. The molecular formula is C27H36N2O3S. The molecule has 4 atom stereocenters. The van der Waals surface area contributed by atoms with E-state index in [1.165, 1.54) is 6.42 Å². The van der Waals surface area contributed by atoms with Crippen molar-refractivity contribution in [1.82, 2.24) is 10.0 Å². The molecule has 4 unspecified atom stereocenters. The molecule has 0 saturated heterocycles. The Hall–Kier alpha value is -2.18. The van der Waals surface area contributed by atoms with Crippen molar-refractivity contribution in [2.45, 2.75) is 71.2 Å². The number of carbonyl (C=O) groups is 1. The largest absolute Gasteiger partial charge is 0.351 e. The third-order valence-corrected chi connectivity index (χ3v) is 9.27. The van der Waals surface area contributed by atoms with Crippen LogP contribution in [0.2, 0.25) is 0 Å². The molecule has 33 heavy (non-hydrogen) atoms. The number of rotatable bonds is 8. The predicted octanol–water partition coefficient (Wildman–Crippen LogP) is 4.36. The number of hydrogen-bond donors (Lipinski definition) is 2. The molecule has 2 fully saturated rings. The van der Waals surface area contributed by atoms with Gasteiger partial charge in [-0.2, -0.15) is 0 Å². The van der Waals surface area contributed by atoms with Gasteiger partial charge in [0.05, 0.1) is 5.75 Å². The van der Waals surface area contributed by atoms with E-state index in [4.69, 9.17) is 0 Å². The Labute approximate surface area is 198 Å². The number of carbonyl (C=O) groups excluding carboxylic acids is 1. The maximum atomic E-state index is 13.6. The first kappa shape index (κ1) is 24.0. The van der Waals surface area contributed by atoms with E-state index < -0.39 is 16.1 Å². The molecule has 2 aliphatic carbocycles. The fraction of sp³-hybridized carbons (Fsp3) is 0.519. The van der Waals surface area contributed by atoms with Crippen LogP contribution in [0.3, 0.4) is 0 Å². The van der Waals surface area contributed by atoms with Gasteiger partial charge in [0.25, 0.3) is 0 Å². The van der Waals surface area contributed by atoms with Crippen molar-refractivity contribution in [3.63, 3.8) is 0 Å². The molecule has 2 saturated carbocycles. The van der Waals surface area contributed by atoms with Crippen molar-refractivity contribution in [3.8, 4) is 0 Å². The van der Waals surface area contributed by atoms with E-state index in [0.717, 1.165) is 24.0 Å². The van der Waals surface area contributed by atoms with Crippen LogP contribution in [-0.2, 0) is 27.0 Å². The van der Waals surface area contributed by atoms with Crippen molar-refractivity contribution >= 4 is 15.9 Å². The lowest BCUT2D eigenvalue weighted by molar-refractivity contribution is -0.125. The fourth-order valence-electron chi connectivity index (χ4n) is 6.22. The Morgan fingerprint density at radius 1 is 1.06 bits per heavy atom. The average Bonchev–Trinajstić information content (AvgIpc) is 3.22. The minimum Gasteiger partial charge on any atom is -0.351 e. The molecule has 2 bridgehead atoms. The maximum absolute atomic E-state index is 13.6. The number of amides is 1. The first-order valence-corrected chi connectivity index (χ1v) is 13.5. The zero-order valence-corrected chi connectivity index (χ0v) is 20.9. The van der Waals surface area contributed by atoms with E-state index in [1.807, 2.05) is 49.4 Å². The van der Waals surface area contributed by atoms with Crippen molar-refractivity contribution in [2.75, 3.05) is 0 Å². The highest BCUT2D eigenvalue weighted by molar-refractivity contribution is 7.88. The standard InChI is InChI=1S/C27H36N2O3S/c1-19-9-8-12-21(15-19)16-23(29-33(31,32)18-20-10-6-5-7-11-20)24(30)28-25-26(2,3)22-13-14-27(25,4)17-22/h5-12,15,22-23,25,29H,13-14,16-18H2,1-4H3,(H,28,30). The molecule has 2 aliphatic rings. The summed E-state index contributed by atoms with van der Waals surface area (Å²) in [5.74, 6) is 0.206. The maximum Gasteiger partial charge on any atom is 0.238 e. The number of nitrogens with one attached hydrogen (secondary N) is 2. The van der Waals surface area contributed by atoms with Crippen LogP contribution in [0.4, 0.5) is 0 Å². The van der Waals surface area contributed by atoms with Crippen molar-refractivity contribution in [2.24, 2.45) is 16.7 Å². The molecule has 4 rings (SSSR count). The Kier molecular flexibility index (Phi) is 6.45. The molecule has 0 radical (unpaired) electrons. The monoisotopic (exact) mass is 468 g/mol. The normalized spacial score (nSPS) is 26.8. The van der Waals surface area contributed by atoms with Gasteiger partial charge in [0.1, 0.15) is 6.04 Å². The van der Waals surface area contributed by atoms with Crippen LogP contribution in [0.5, 0.6) is 0 Å². The quantitative estimate of drug-likeness (QED) is 0.605. The zero-order valence-electron chi connectivity index (χ0n) is 20.1. The van der Waals surface area contributed by atoms with Crippen LogP contribution in [-0.4, -0.2) is 26.4 Å². The minimum atomic E-state index is -3.71. The molecule has 2 aromatic rings. The van der Waals surface area contributed by atoms with Crippen LogP contribution < -0.4 is 10.0 Å². The van der Waals surface area contributed by atoms with Gasteiger partial charge >= 0.3 is 0 Å². The lowest BCUT2D eigenvalue weighted by atomic mass is 9.68. The van der Waals surface area contributed by atoms with E-state index in [-0.39, 0.29) is 28.5 Å². The lowest BCUT2D eigenvalue weighted by Gasteiger charge is -2.43. The molecule has 6 heteroatoms. The van der Waals surface area contributed by atoms with E-state index in [2.05, 4.69) is 30.8 Å². The van der Waals surface area contributed by atoms with Gasteiger partial charge in [-0.3, -0.25) is 4.79 Å². The topological polar surface area (TPSA) is 75.3 Å². The third kappa shape index (κ3) is 5.17. The molecule has 2 aromatic carbocycles. The van der Waals surface area contributed by atoms with E-state index in [9.17, 15) is 13.2 Å². The average molecular weight is 469 g/mol. The van der Waals surface area contributed by atoms with Crippen LogP contribution in [0, 0.1) is 23.7 Å². The van der Waals surface area contributed by atoms with Crippen LogP contribution in [0.15, 0.2) is 54.6 Å². The van der Waals surface area contributed by atoms with Crippen molar-refractivity contribution in [1.29, 1.82) is 0 Å². The molecule has 0 aliphatic heterocycles. The van der Waals surface area contributed by atoms with Crippen LogP contribution in [0.25, 0.3) is 0 Å². The zero-order chi connectivity index (χ0) is 23.9. The third-order valence-electron chi connectivity index (χ3n) is 7.92. The second-order valence-electron chi connectivity index (χ2n) is 11.0. The summed E-state index contributed by atoms with van der Waals surface area (Å²) in [6.07, 6.45) is 3.74. The molecule has 1 amide bonds. The van der Waals surface area contributed by atoms with Gasteiger partial charge < -0.3 is 5.32 Å².